The number of hydrogen-bond acceptors (Lipinski definition) is 6. The summed E-state index contributed by atoms with van der Waals surface area (Å²) in [6, 6.07) is 8.28. The van der Waals surface area contributed by atoms with Gasteiger partial charge in [0.15, 0.2) is 5.78 Å². The Labute approximate surface area is 160 Å². The number of esters is 1. The third-order valence-corrected chi connectivity index (χ3v) is 4.86. The quantitative estimate of drug-likeness (QED) is 0.546. The molecule has 2 rings (SSSR count). The maximum Gasteiger partial charge on any atom is 0.341 e. The number of hydrogen-bond donors (Lipinski definition) is 1. The molecule has 0 atom stereocenters. The summed E-state index contributed by atoms with van der Waals surface area (Å²) in [6.45, 7) is 0.228. The van der Waals surface area contributed by atoms with Crippen molar-refractivity contribution >= 4 is 40.6 Å². The van der Waals surface area contributed by atoms with Gasteiger partial charge < -0.3 is 14.8 Å². The second-order valence-corrected chi connectivity index (χ2v) is 7.04. The van der Waals surface area contributed by atoms with E-state index < -0.39 is 5.97 Å². The number of Topliss-reactive ketones (excluding diaryl/α,β-unsaturated/α-hetero) is 1. The predicted molar refractivity (Wildman–Crippen MR) is 99.1 cm³/mol. The fourth-order valence-electron chi connectivity index (χ4n) is 2.24. The lowest BCUT2D eigenvalue weighted by molar-refractivity contribution is -0.121. The maximum atomic E-state index is 12.0. The Bertz CT molecular complexity index is 818. The van der Waals surface area contributed by atoms with Crippen LogP contribution in [0.4, 0.5) is 0 Å². The van der Waals surface area contributed by atoms with Gasteiger partial charge in [0.1, 0.15) is 11.3 Å². The Morgan fingerprint density at radius 1 is 1.12 bits per heavy atom. The highest BCUT2D eigenvalue weighted by molar-refractivity contribution is 7.18. The second kappa shape index (κ2) is 9.35. The molecule has 0 aliphatic carbocycles. The molecule has 0 saturated heterocycles. The zero-order chi connectivity index (χ0) is 19.1. The summed E-state index contributed by atoms with van der Waals surface area (Å²) in [5.74, 6) is -0.492. The van der Waals surface area contributed by atoms with E-state index in [0.717, 1.165) is 5.56 Å². The van der Waals surface area contributed by atoms with Crippen molar-refractivity contribution in [2.45, 2.75) is 19.4 Å². The van der Waals surface area contributed by atoms with E-state index in [9.17, 15) is 14.4 Å². The monoisotopic (exact) mass is 395 g/mol. The third kappa shape index (κ3) is 5.31. The second-order valence-electron chi connectivity index (χ2n) is 5.33. The average molecular weight is 396 g/mol. The first kappa shape index (κ1) is 19.9. The fourth-order valence-corrected chi connectivity index (χ4v) is 3.25. The van der Waals surface area contributed by atoms with E-state index in [1.807, 2.05) is 0 Å². The van der Waals surface area contributed by atoms with E-state index in [1.165, 1.54) is 25.6 Å². The van der Waals surface area contributed by atoms with Crippen LogP contribution in [0.5, 0.6) is 5.75 Å². The van der Waals surface area contributed by atoms with E-state index in [-0.39, 0.29) is 36.6 Å². The zero-order valence-corrected chi connectivity index (χ0v) is 15.9. The molecule has 6 nitrogen and oxygen atoms in total. The predicted octanol–water partition coefficient (Wildman–Crippen LogP) is 3.48. The van der Waals surface area contributed by atoms with E-state index in [4.69, 9.17) is 21.1 Å². The molecular weight excluding hydrogens is 378 g/mol. The standard InChI is InChI=1S/C18H18ClNO5S/c1-24-14-5-3-11(9-12(14)18(23)25-2)10-20-17(22)8-4-13(21)15-6-7-16(19)26-15/h3,5-7,9H,4,8,10H2,1-2H3,(H,20,22). The largest absolute Gasteiger partial charge is 0.496 e. The lowest BCUT2D eigenvalue weighted by Gasteiger charge is -2.10. The average Bonchev–Trinajstić information content (AvgIpc) is 3.09. The molecule has 0 bridgehead atoms. The number of halogens is 1. The molecule has 0 unspecified atom stereocenters. The molecule has 0 aliphatic rings. The van der Waals surface area contributed by atoms with Crippen LogP contribution in [0.2, 0.25) is 4.34 Å². The summed E-state index contributed by atoms with van der Waals surface area (Å²) in [5, 5.41) is 2.73. The van der Waals surface area contributed by atoms with Gasteiger partial charge in [-0.15, -0.1) is 11.3 Å². The number of benzene rings is 1. The molecule has 26 heavy (non-hydrogen) atoms. The van der Waals surface area contributed by atoms with Gasteiger partial charge in [0, 0.05) is 19.4 Å². The molecular formula is C18H18ClNO5S. The summed E-state index contributed by atoms with van der Waals surface area (Å²) in [6.07, 6.45) is 0.188. The van der Waals surface area contributed by atoms with Crippen molar-refractivity contribution in [3.8, 4) is 5.75 Å². The van der Waals surface area contributed by atoms with Gasteiger partial charge >= 0.3 is 5.97 Å². The molecule has 0 aliphatic heterocycles. The summed E-state index contributed by atoms with van der Waals surface area (Å²) >= 11 is 6.99. The molecule has 138 valence electrons. The lowest BCUT2D eigenvalue weighted by atomic mass is 10.1. The fraction of sp³-hybridized carbons (Fsp3) is 0.278. The Morgan fingerprint density at radius 3 is 2.50 bits per heavy atom. The number of nitrogens with one attached hydrogen (secondary N) is 1. The van der Waals surface area contributed by atoms with E-state index in [2.05, 4.69) is 5.32 Å². The molecule has 8 heteroatoms. The van der Waals surface area contributed by atoms with Crippen molar-refractivity contribution in [1.29, 1.82) is 0 Å². The Kier molecular flexibility index (Phi) is 7.17. The molecule has 1 heterocycles. The number of thiophene rings is 1. The molecule has 0 radical (unpaired) electrons. The van der Waals surface area contributed by atoms with Gasteiger partial charge in [-0.3, -0.25) is 9.59 Å². The molecule has 1 aromatic carbocycles. The van der Waals surface area contributed by atoms with Crippen LogP contribution in [0.15, 0.2) is 30.3 Å². The third-order valence-electron chi connectivity index (χ3n) is 3.59. The Hall–Kier alpha value is -2.38. The van der Waals surface area contributed by atoms with Gasteiger partial charge in [-0.25, -0.2) is 4.79 Å². The smallest absolute Gasteiger partial charge is 0.341 e. The topological polar surface area (TPSA) is 81.7 Å². The van der Waals surface area contributed by atoms with Crippen LogP contribution in [-0.2, 0) is 16.1 Å². The molecule has 2 aromatic rings. The molecule has 0 saturated carbocycles. The van der Waals surface area contributed by atoms with Crippen molar-refractivity contribution in [1.82, 2.24) is 5.32 Å². The van der Waals surface area contributed by atoms with Crippen LogP contribution in [0.1, 0.15) is 38.4 Å². The first-order valence-electron chi connectivity index (χ1n) is 7.75. The summed E-state index contributed by atoms with van der Waals surface area (Å²) in [7, 11) is 2.75. The molecule has 1 aromatic heterocycles. The number of methoxy groups -OCH3 is 2. The van der Waals surface area contributed by atoms with Gasteiger partial charge in [0.05, 0.1) is 23.4 Å². The van der Waals surface area contributed by atoms with E-state index in [1.54, 1.807) is 30.3 Å². The van der Waals surface area contributed by atoms with Crippen LogP contribution >= 0.6 is 22.9 Å². The molecule has 1 N–H and O–H groups in total. The van der Waals surface area contributed by atoms with Gasteiger partial charge in [-0.2, -0.15) is 0 Å². The maximum absolute atomic E-state index is 12.0. The number of amides is 1. The first-order chi connectivity index (χ1) is 12.4. The number of carbonyl (C=O) groups excluding carboxylic acids is 3. The highest BCUT2D eigenvalue weighted by atomic mass is 35.5. The van der Waals surface area contributed by atoms with Gasteiger partial charge in [0.25, 0.3) is 0 Å². The minimum atomic E-state index is -0.518. The number of rotatable bonds is 8. The SMILES string of the molecule is COC(=O)c1cc(CNC(=O)CCC(=O)c2ccc(Cl)s2)ccc1OC. The van der Waals surface area contributed by atoms with Crippen molar-refractivity contribution in [2.75, 3.05) is 14.2 Å². The molecule has 0 fully saturated rings. The number of ether oxygens (including phenoxy) is 2. The Morgan fingerprint density at radius 2 is 1.88 bits per heavy atom. The van der Waals surface area contributed by atoms with Crippen molar-refractivity contribution in [3.05, 3.63) is 50.7 Å². The van der Waals surface area contributed by atoms with E-state index in [0.29, 0.717) is 15.0 Å². The zero-order valence-electron chi connectivity index (χ0n) is 14.3. The number of carbonyl (C=O) groups is 3. The summed E-state index contributed by atoms with van der Waals surface area (Å²) in [4.78, 5) is 36.2. The van der Waals surface area contributed by atoms with Crippen molar-refractivity contribution in [3.63, 3.8) is 0 Å². The van der Waals surface area contributed by atoms with E-state index >= 15 is 0 Å². The van der Waals surface area contributed by atoms with Crippen molar-refractivity contribution in [2.24, 2.45) is 0 Å². The first-order valence-corrected chi connectivity index (χ1v) is 8.94. The van der Waals surface area contributed by atoms with Crippen LogP contribution in [0.25, 0.3) is 0 Å². The lowest BCUT2D eigenvalue weighted by Crippen LogP contribution is -2.23. The summed E-state index contributed by atoms with van der Waals surface area (Å²) < 4.78 is 10.4. The van der Waals surface area contributed by atoms with Crippen LogP contribution in [0.3, 0.4) is 0 Å². The van der Waals surface area contributed by atoms with Crippen LogP contribution in [-0.4, -0.2) is 31.9 Å². The highest BCUT2D eigenvalue weighted by Gasteiger charge is 2.14. The minimum absolute atomic E-state index is 0.0777. The molecule has 1 amide bonds. The number of ketones is 1. The van der Waals surface area contributed by atoms with Crippen molar-refractivity contribution < 1.29 is 23.9 Å². The molecule has 0 spiro atoms. The Balaban J connectivity index is 1.88. The van der Waals surface area contributed by atoms with Crippen LogP contribution in [0, 0.1) is 0 Å². The minimum Gasteiger partial charge on any atom is -0.496 e. The highest BCUT2D eigenvalue weighted by Crippen LogP contribution is 2.23. The van der Waals surface area contributed by atoms with Gasteiger partial charge in [-0.1, -0.05) is 17.7 Å². The normalized spacial score (nSPS) is 10.3. The van der Waals surface area contributed by atoms with Gasteiger partial charge in [0.2, 0.25) is 5.91 Å². The van der Waals surface area contributed by atoms with Gasteiger partial charge in [-0.05, 0) is 29.8 Å². The summed E-state index contributed by atoms with van der Waals surface area (Å²) in [5.41, 5.74) is 1.00. The van der Waals surface area contributed by atoms with Crippen LogP contribution < -0.4 is 10.1 Å².